The maximum Gasteiger partial charge on any atom is 0.243 e. The minimum atomic E-state index is -3.54. The summed E-state index contributed by atoms with van der Waals surface area (Å²) < 4.78 is 29.0. The van der Waals surface area contributed by atoms with E-state index in [4.69, 9.17) is 16.3 Å². The molecular weight excluding hydrogens is 364 g/mol. The number of methoxy groups -OCH3 is 1. The van der Waals surface area contributed by atoms with Crippen molar-refractivity contribution < 1.29 is 17.9 Å². The quantitative estimate of drug-likeness (QED) is 0.801. The first-order valence-corrected chi connectivity index (χ1v) is 9.66. The number of halogens is 1. The van der Waals surface area contributed by atoms with Crippen molar-refractivity contribution in [2.75, 3.05) is 30.5 Å². The molecule has 134 valence electrons. The summed E-state index contributed by atoms with van der Waals surface area (Å²) in [6, 6.07) is 10.2. The second-order valence-electron chi connectivity index (χ2n) is 5.48. The third kappa shape index (κ3) is 4.87. The predicted molar refractivity (Wildman–Crippen MR) is 99.4 cm³/mol. The van der Waals surface area contributed by atoms with Crippen LogP contribution in [0.5, 0.6) is 5.75 Å². The average Bonchev–Trinajstić information content (AvgIpc) is 2.55. The Hall–Kier alpha value is -2.25. The van der Waals surface area contributed by atoms with Crippen LogP contribution in [0.25, 0.3) is 0 Å². The van der Waals surface area contributed by atoms with Gasteiger partial charge < -0.3 is 15.4 Å². The number of hydrogen-bond donors (Lipinski definition) is 2. The Balaban J connectivity index is 2.10. The van der Waals surface area contributed by atoms with Crippen LogP contribution in [-0.4, -0.2) is 34.2 Å². The smallest absolute Gasteiger partial charge is 0.243 e. The molecule has 0 spiro atoms. The Kier molecular flexibility index (Phi) is 5.92. The van der Waals surface area contributed by atoms with Crippen LogP contribution in [-0.2, 0) is 14.6 Å². The van der Waals surface area contributed by atoms with Gasteiger partial charge >= 0.3 is 0 Å². The minimum absolute atomic E-state index is 0.00795. The number of ether oxygens (including phenoxy) is 1. The van der Waals surface area contributed by atoms with Crippen LogP contribution >= 0.6 is 11.6 Å². The number of sulfone groups is 1. The molecule has 1 amide bonds. The van der Waals surface area contributed by atoms with Gasteiger partial charge in [0.15, 0.2) is 9.84 Å². The van der Waals surface area contributed by atoms with Gasteiger partial charge in [0.05, 0.1) is 24.4 Å². The first-order chi connectivity index (χ1) is 11.7. The normalized spacial score (nSPS) is 11.0. The minimum Gasteiger partial charge on any atom is -0.497 e. The zero-order valence-electron chi connectivity index (χ0n) is 14.1. The van der Waals surface area contributed by atoms with Crippen LogP contribution in [0, 0.1) is 6.92 Å². The summed E-state index contributed by atoms with van der Waals surface area (Å²) in [5.41, 5.74) is 1.55. The van der Waals surface area contributed by atoms with E-state index in [1.54, 1.807) is 50.4 Å². The molecule has 0 radical (unpaired) electrons. The molecule has 8 heteroatoms. The molecule has 0 fully saturated rings. The zero-order chi connectivity index (χ0) is 18.6. The number of rotatable bonds is 6. The van der Waals surface area contributed by atoms with Gasteiger partial charge in [0.25, 0.3) is 0 Å². The van der Waals surface area contributed by atoms with Crippen LogP contribution in [0.1, 0.15) is 5.56 Å². The molecule has 0 aromatic heterocycles. The van der Waals surface area contributed by atoms with E-state index < -0.39 is 9.84 Å². The molecule has 6 nitrogen and oxygen atoms in total. The van der Waals surface area contributed by atoms with Crippen molar-refractivity contribution in [3.63, 3.8) is 0 Å². The van der Waals surface area contributed by atoms with Crippen LogP contribution in [0.2, 0.25) is 5.02 Å². The number of hydrogen-bond acceptors (Lipinski definition) is 5. The molecule has 2 aromatic rings. The number of nitrogens with one attached hydrogen (secondary N) is 2. The highest BCUT2D eigenvalue weighted by molar-refractivity contribution is 7.91. The van der Waals surface area contributed by atoms with Crippen molar-refractivity contribution in [1.82, 2.24) is 0 Å². The summed E-state index contributed by atoms with van der Waals surface area (Å²) in [6.07, 6.45) is 1.08. The van der Waals surface area contributed by atoms with Crippen molar-refractivity contribution in [3.05, 3.63) is 47.0 Å². The highest BCUT2D eigenvalue weighted by Crippen LogP contribution is 2.32. The topological polar surface area (TPSA) is 84.5 Å². The van der Waals surface area contributed by atoms with Crippen molar-refractivity contribution in [2.45, 2.75) is 11.8 Å². The van der Waals surface area contributed by atoms with Crippen molar-refractivity contribution >= 4 is 38.7 Å². The Morgan fingerprint density at radius 1 is 1.16 bits per heavy atom. The van der Waals surface area contributed by atoms with E-state index in [2.05, 4.69) is 10.6 Å². The van der Waals surface area contributed by atoms with Gasteiger partial charge in [-0.05, 0) is 42.8 Å². The summed E-state index contributed by atoms with van der Waals surface area (Å²) in [7, 11) is -1.98. The molecule has 2 N–H and O–H groups in total. The summed E-state index contributed by atoms with van der Waals surface area (Å²) in [5, 5.41) is 5.69. The van der Waals surface area contributed by atoms with Gasteiger partial charge in [-0.2, -0.15) is 0 Å². The number of benzene rings is 2. The van der Waals surface area contributed by atoms with E-state index in [0.717, 1.165) is 6.26 Å². The van der Waals surface area contributed by atoms with Crippen molar-refractivity contribution in [3.8, 4) is 5.75 Å². The lowest BCUT2D eigenvalue weighted by atomic mass is 10.2. The molecule has 0 saturated carbocycles. The molecule has 25 heavy (non-hydrogen) atoms. The Labute approximate surface area is 152 Å². The molecule has 0 unspecified atom stereocenters. The summed E-state index contributed by atoms with van der Waals surface area (Å²) in [4.78, 5) is 12.1. The lowest BCUT2D eigenvalue weighted by Gasteiger charge is -2.14. The highest BCUT2D eigenvalue weighted by Gasteiger charge is 2.19. The van der Waals surface area contributed by atoms with Crippen molar-refractivity contribution in [2.24, 2.45) is 0 Å². The zero-order valence-corrected chi connectivity index (χ0v) is 15.7. The van der Waals surface area contributed by atoms with Gasteiger partial charge in [-0.15, -0.1) is 0 Å². The largest absolute Gasteiger partial charge is 0.497 e. The lowest BCUT2D eigenvalue weighted by Crippen LogP contribution is -2.22. The van der Waals surface area contributed by atoms with E-state index in [9.17, 15) is 13.2 Å². The van der Waals surface area contributed by atoms with E-state index >= 15 is 0 Å². The molecule has 0 bridgehead atoms. The molecule has 0 saturated heterocycles. The van der Waals surface area contributed by atoms with Gasteiger partial charge in [-0.3, -0.25) is 4.79 Å². The molecule has 0 aliphatic carbocycles. The second kappa shape index (κ2) is 7.76. The maximum absolute atomic E-state index is 12.1. The molecule has 0 aliphatic rings. The predicted octanol–water partition coefficient (Wildman–Crippen LogP) is 3.11. The molecular formula is C17H19ClN2O4S. The van der Waals surface area contributed by atoms with Gasteiger partial charge in [0, 0.05) is 11.9 Å². The fourth-order valence-electron chi connectivity index (χ4n) is 2.21. The second-order valence-corrected chi connectivity index (χ2v) is 7.81. The van der Waals surface area contributed by atoms with Crippen LogP contribution < -0.4 is 15.4 Å². The fraction of sp³-hybridized carbons (Fsp3) is 0.235. The van der Waals surface area contributed by atoms with E-state index in [1.807, 2.05) is 0 Å². The standard InChI is InChI=1S/C17H19ClN2O4S/c1-11-4-9-14(17(16(11)18)25(3,22)23)19-10-15(21)20-12-5-7-13(24-2)8-6-12/h4-9,19H,10H2,1-3H3,(H,20,21). The lowest BCUT2D eigenvalue weighted by molar-refractivity contribution is -0.114. The third-order valence-corrected chi connectivity index (χ3v) is 5.24. The first-order valence-electron chi connectivity index (χ1n) is 7.39. The van der Waals surface area contributed by atoms with Crippen molar-refractivity contribution in [1.29, 1.82) is 0 Å². The monoisotopic (exact) mass is 382 g/mol. The molecule has 2 rings (SSSR count). The number of carbonyl (C=O) groups is 1. The number of anilines is 2. The van der Waals surface area contributed by atoms with Gasteiger partial charge in [-0.1, -0.05) is 17.7 Å². The van der Waals surface area contributed by atoms with E-state index in [-0.39, 0.29) is 22.4 Å². The number of amides is 1. The summed E-state index contributed by atoms with van der Waals surface area (Å²) in [6.45, 7) is 1.62. The van der Waals surface area contributed by atoms with Crippen LogP contribution in [0.4, 0.5) is 11.4 Å². The Morgan fingerprint density at radius 2 is 1.80 bits per heavy atom. The fourth-order valence-corrected chi connectivity index (χ4v) is 3.82. The average molecular weight is 383 g/mol. The first kappa shape index (κ1) is 19.1. The summed E-state index contributed by atoms with van der Waals surface area (Å²) >= 11 is 6.13. The van der Waals surface area contributed by atoms with Crippen LogP contribution in [0.3, 0.4) is 0 Å². The Bertz CT molecular complexity index is 880. The molecule has 2 aromatic carbocycles. The molecule has 0 aliphatic heterocycles. The van der Waals surface area contributed by atoms with Gasteiger partial charge in [0.2, 0.25) is 5.91 Å². The number of carbonyl (C=O) groups excluding carboxylic acids is 1. The maximum atomic E-state index is 12.1. The van der Waals surface area contributed by atoms with E-state index in [0.29, 0.717) is 22.7 Å². The van der Waals surface area contributed by atoms with E-state index in [1.165, 1.54) is 0 Å². The summed E-state index contributed by atoms with van der Waals surface area (Å²) in [5.74, 6) is 0.365. The van der Waals surface area contributed by atoms with Crippen LogP contribution in [0.15, 0.2) is 41.3 Å². The Morgan fingerprint density at radius 3 is 2.36 bits per heavy atom. The van der Waals surface area contributed by atoms with Gasteiger partial charge in [-0.25, -0.2) is 8.42 Å². The van der Waals surface area contributed by atoms with Gasteiger partial charge in [0.1, 0.15) is 10.6 Å². The highest BCUT2D eigenvalue weighted by atomic mass is 35.5. The number of aryl methyl sites for hydroxylation is 1. The molecule has 0 atom stereocenters. The SMILES string of the molecule is COc1ccc(NC(=O)CNc2ccc(C)c(Cl)c2S(C)(=O)=O)cc1. The molecule has 0 heterocycles. The third-order valence-electron chi connectivity index (χ3n) is 3.47.